The van der Waals surface area contributed by atoms with Crippen molar-refractivity contribution in [1.82, 2.24) is 0 Å². The van der Waals surface area contributed by atoms with Gasteiger partial charge in [-0.15, -0.1) is 11.7 Å². The zero-order chi connectivity index (χ0) is 16.4. The second-order valence-corrected chi connectivity index (χ2v) is 6.84. The molecule has 1 atom stereocenters. The monoisotopic (exact) mass is 341 g/mol. The van der Waals surface area contributed by atoms with Crippen LogP contribution in [0.1, 0.15) is 49.4 Å². The SMILES string of the molecule is CC(CCCCC(=O)Nc1ccc(C(=O)O)cc1)CCSS. The van der Waals surface area contributed by atoms with Crippen LogP contribution in [0.3, 0.4) is 0 Å². The van der Waals surface area contributed by atoms with Crippen molar-refractivity contribution in [3.8, 4) is 0 Å². The Balaban J connectivity index is 2.22. The molecular weight excluding hydrogens is 318 g/mol. The van der Waals surface area contributed by atoms with Crippen LogP contribution < -0.4 is 5.32 Å². The summed E-state index contributed by atoms with van der Waals surface area (Å²) in [6.07, 6.45) is 4.71. The average molecular weight is 341 g/mol. The lowest BCUT2D eigenvalue weighted by Gasteiger charge is -2.10. The van der Waals surface area contributed by atoms with Gasteiger partial charge in [0.15, 0.2) is 0 Å². The van der Waals surface area contributed by atoms with E-state index in [0.717, 1.165) is 31.4 Å². The van der Waals surface area contributed by atoms with Gasteiger partial charge in [0.2, 0.25) is 5.91 Å². The van der Waals surface area contributed by atoms with Crippen molar-refractivity contribution in [1.29, 1.82) is 0 Å². The molecule has 0 aliphatic carbocycles. The summed E-state index contributed by atoms with van der Waals surface area (Å²) in [6, 6.07) is 6.19. The van der Waals surface area contributed by atoms with Gasteiger partial charge in [-0.2, -0.15) is 0 Å². The molecule has 0 heterocycles. The first kappa shape index (κ1) is 18.9. The standard InChI is InChI=1S/C16H23NO3S2/c1-12(10-11-22-21)4-2-3-5-15(18)17-14-8-6-13(7-9-14)16(19)20/h6-9,12,21H,2-5,10-11H2,1H3,(H,17,18)(H,19,20). The van der Waals surface area contributed by atoms with Gasteiger partial charge in [-0.1, -0.05) is 30.6 Å². The quantitative estimate of drug-likeness (QED) is 0.333. The zero-order valence-corrected chi connectivity index (χ0v) is 14.5. The molecule has 0 aliphatic heterocycles. The van der Waals surface area contributed by atoms with E-state index in [4.69, 9.17) is 5.11 Å². The summed E-state index contributed by atoms with van der Waals surface area (Å²) in [6.45, 7) is 2.23. The molecule has 6 heteroatoms. The highest BCUT2D eigenvalue weighted by Crippen LogP contribution is 2.18. The Labute approximate surface area is 140 Å². The summed E-state index contributed by atoms with van der Waals surface area (Å²) >= 11 is 4.13. The smallest absolute Gasteiger partial charge is 0.335 e. The molecule has 4 nitrogen and oxygen atoms in total. The molecule has 0 aromatic heterocycles. The number of unbranched alkanes of at least 4 members (excludes halogenated alkanes) is 1. The molecule has 1 aromatic carbocycles. The third-order valence-corrected chi connectivity index (χ3v) is 4.43. The van der Waals surface area contributed by atoms with Gasteiger partial charge in [0.25, 0.3) is 0 Å². The largest absolute Gasteiger partial charge is 0.478 e. The molecule has 1 amide bonds. The van der Waals surface area contributed by atoms with E-state index < -0.39 is 5.97 Å². The van der Waals surface area contributed by atoms with Crippen molar-refractivity contribution in [2.75, 3.05) is 11.1 Å². The van der Waals surface area contributed by atoms with Crippen LogP contribution in [0.4, 0.5) is 5.69 Å². The first-order chi connectivity index (χ1) is 10.5. The number of amides is 1. The summed E-state index contributed by atoms with van der Waals surface area (Å²) in [4.78, 5) is 22.5. The molecular formula is C16H23NO3S2. The van der Waals surface area contributed by atoms with E-state index >= 15 is 0 Å². The van der Waals surface area contributed by atoms with Gasteiger partial charge in [0.05, 0.1) is 5.56 Å². The third-order valence-electron chi connectivity index (χ3n) is 3.47. The minimum Gasteiger partial charge on any atom is -0.478 e. The van der Waals surface area contributed by atoms with Gasteiger partial charge in [-0.05, 0) is 43.0 Å². The number of carboxylic acid groups (broad SMARTS) is 1. The molecule has 122 valence electrons. The Hall–Kier alpha value is -1.14. The molecule has 0 fully saturated rings. The number of rotatable bonds is 10. The van der Waals surface area contributed by atoms with Crippen molar-refractivity contribution < 1.29 is 14.7 Å². The molecule has 0 aliphatic rings. The van der Waals surface area contributed by atoms with Crippen LogP contribution in [0.5, 0.6) is 0 Å². The predicted molar refractivity (Wildman–Crippen MR) is 95.7 cm³/mol. The highest BCUT2D eigenvalue weighted by molar-refractivity contribution is 8.68. The van der Waals surface area contributed by atoms with Crippen molar-refractivity contribution in [3.05, 3.63) is 29.8 Å². The Morgan fingerprint density at radius 1 is 1.23 bits per heavy atom. The van der Waals surface area contributed by atoms with Gasteiger partial charge in [0, 0.05) is 17.9 Å². The molecule has 0 radical (unpaired) electrons. The normalized spacial score (nSPS) is 11.9. The molecule has 0 saturated carbocycles. The second kappa shape index (κ2) is 10.6. The van der Waals surface area contributed by atoms with E-state index in [1.807, 2.05) is 0 Å². The van der Waals surface area contributed by atoms with Gasteiger partial charge in [-0.3, -0.25) is 4.79 Å². The average Bonchev–Trinajstić information content (AvgIpc) is 2.50. The molecule has 0 spiro atoms. The summed E-state index contributed by atoms with van der Waals surface area (Å²) in [5.74, 6) is 0.744. The number of hydrogen-bond acceptors (Lipinski definition) is 4. The van der Waals surface area contributed by atoms with Crippen LogP contribution in [-0.4, -0.2) is 22.7 Å². The maximum atomic E-state index is 11.8. The lowest BCUT2D eigenvalue weighted by atomic mass is 10.0. The lowest BCUT2D eigenvalue weighted by Crippen LogP contribution is -2.11. The highest BCUT2D eigenvalue weighted by Gasteiger charge is 2.06. The lowest BCUT2D eigenvalue weighted by molar-refractivity contribution is -0.116. The number of thiol groups is 1. The molecule has 0 bridgehead atoms. The molecule has 1 rings (SSSR count). The third kappa shape index (κ3) is 7.75. The van der Waals surface area contributed by atoms with Crippen LogP contribution in [0, 0.1) is 5.92 Å². The van der Waals surface area contributed by atoms with Crippen LogP contribution in [0.2, 0.25) is 0 Å². The maximum Gasteiger partial charge on any atom is 0.335 e. The summed E-state index contributed by atoms with van der Waals surface area (Å²) in [5, 5.41) is 11.6. The van der Waals surface area contributed by atoms with Crippen molar-refractivity contribution in [2.45, 2.75) is 39.0 Å². The van der Waals surface area contributed by atoms with E-state index in [1.54, 1.807) is 22.9 Å². The number of hydrogen-bond donors (Lipinski definition) is 3. The van der Waals surface area contributed by atoms with Gasteiger partial charge in [-0.25, -0.2) is 4.79 Å². The topological polar surface area (TPSA) is 66.4 Å². The Kier molecular flexibility index (Phi) is 9.08. The van der Waals surface area contributed by atoms with Gasteiger partial charge in [0.1, 0.15) is 0 Å². The van der Waals surface area contributed by atoms with E-state index in [0.29, 0.717) is 18.0 Å². The Morgan fingerprint density at radius 2 is 1.91 bits per heavy atom. The number of carbonyl (C=O) groups is 2. The van der Waals surface area contributed by atoms with E-state index in [9.17, 15) is 9.59 Å². The fourth-order valence-electron chi connectivity index (χ4n) is 2.10. The van der Waals surface area contributed by atoms with Gasteiger partial charge < -0.3 is 10.4 Å². The van der Waals surface area contributed by atoms with Crippen molar-refractivity contribution >= 4 is 40.0 Å². The fraction of sp³-hybridized carbons (Fsp3) is 0.500. The van der Waals surface area contributed by atoms with Gasteiger partial charge >= 0.3 is 5.97 Å². The zero-order valence-electron chi connectivity index (χ0n) is 12.7. The number of anilines is 1. The minimum atomic E-state index is -0.969. The number of aromatic carboxylic acids is 1. The molecule has 1 aromatic rings. The van der Waals surface area contributed by atoms with E-state index in [2.05, 4.69) is 23.9 Å². The van der Waals surface area contributed by atoms with Crippen LogP contribution in [0.25, 0.3) is 0 Å². The van der Waals surface area contributed by atoms with Crippen molar-refractivity contribution in [3.63, 3.8) is 0 Å². The molecule has 1 unspecified atom stereocenters. The Morgan fingerprint density at radius 3 is 2.50 bits per heavy atom. The number of benzene rings is 1. The van der Waals surface area contributed by atoms with Crippen molar-refractivity contribution in [2.24, 2.45) is 5.92 Å². The van der Waals surface area contributed by atoms with Crippen LogP contribution >= 0.6 is 22.5 Å². The molecule has 0 saturated heterocycles. The Bertz CT molecular complexity index is 477. The number of nitrogens with one attached hydrogen (secondary N) is 1. The summed E-state index contributed by atoms with van der Waals surface area (Å²) < 4.78 is 0. The fourth-order valence-corrected chi connectivity index (χ4v) is 2.92. The summed E-state index contributed by atoms with van der Waals surface area (Å²) in [5.41, 5.74) is 0.848. The van der Waals surface area contributed by atoms with E-state index in [-0.39, 0.29) is 11.5 Å². The number of carbonyl (C=O) groups excluding carboxylic acids is 1. The first-order valence-electron chi connectivity index (χ1n) is 7.42. The van der Waals surface area contributed by atoms with E-state index in [1.165, 1.54) is 12.1 Å². The minimum absolute atomic E-state index is 0.0263. The molecule has 2 N–H and O–H groups in total. The predicted octanol–water partition coefficient (Wildman–Crippen LogP) is 4.49. The second-order valence-electron chi connectivity index (χ2n) is 5.40. The summed E-state index contributed by atoms with van der Waals surface area (Å²) in [7, 11) is 1.57. The van der Waals surface area contributed by atoms with Crippen LogP contribution in [0.15, 0.2) is 24.3 Å². The number of carboxylic acids is 1. The van der Waals surface area contributed by atoms with Crippen LogP contribution in [-0.2, 0) is 4.79 Å². The molecule has 22 heavy (non-hydrogen) atoms. The highest BCUT2D eigenvalue weighted by atomic mass is 33.1. The first-order valence-corrected chi connectivity index (χ1v) is 9.46. The maximum absolute atomic E-state index is 11.8.